The van der Waals surface area contributed by atoms with Crippen molar-refractivity contribution in [3.05, 3.63) is 41.5 Å². The monoisotopic (exact) mass is 352 g/mol. The number of rotatable bonds is 7. The molecule has 0 unspecified atom stereocenters. The van der Waals surface area contributed by atoms with E-state index in [2.05, 4.69) is 10.3 Å². The molecule has 0 aliphatic rings. The van der Waals surface area contributed by atoms with Crippen LogP contribution in [0.3, 0.4) is 0 Å². The van der Waals surface area contributed by atoms with Crippen LogP contribution < -0.4 is 5.32 Å². The fraction of sp³-hybridized carbons (Fsp3) is 0.412. The zero-order chi connectivity index (χ0) is 17.7. The van der Waals surface area contributed by atoms with Gasteiger partial charge in [-0.05, 0) is 32.4 Å². The van der Waals surface area contributed by atoms with Crippen LogP contribution in [-0.4, -0.2) is 26.9 Å². The molecule has 0 saturated carbocycles. The van der Waals surface area contributed by atoms with Crippen LogP contribution in [0.25, 0.3) is 11.5 Å². The van der Waals surface area contributed by atoms with Crippen molar-refractivity contribution in [3.63, 3.8) is 0 Å². The predicted octanol–water partition coefficient (Wildman–Crippen LogP) is 2.95. The van der Waals surface area contributed by atoms with Crippen molar-refractivity contribution in [1.82, 2.24) is 10.3 Å². The average molecular weight is 352 g/mol. The van der Waals surface area contributed by atoms with Crippen LogP contribution in [0, 0.1) is 12.7 Å². The molecule has 1 N–H and O–H groups in total. The second-order valence-corrected chi connectivity index (χ2v) is 7.06. The van der Waals surface area contributed by atoms with E-state index < -0.39 is 16.6 Å². The summed E-state index contributed by atoms with van der Waals surface area (Å²) in [4.78, 5) is 16.0. The Bertz CT molecular complexity index is 745. The van der Waals surface area contributed by atoms with E-state index in [4.69, 9.17) is 4.42 Å². The molecular formula is C17H21FN2O3S. The summed E-state index contributed by atoms with van der Waals surface area (Å²) in [6.07, 6.45) is 0.812. The maximum Gasteiger partial charge on any atom is 0.232 e. The lowest BCUT2D eigenvalue weighted by Crippen LogP contribution is -2.35. The number of halogens is 1. The minimum atomic E-state index is -1.41. The highest BCUT2D eigenvalue weighted by Crippen LogP contribution is 2.24. The van der Waals surface area contributed by atoms with Crippen molar-refractivity contribution in [2.45, 2.75) is 39.0 Å². The van der Waals surface area contributed by atoms with Crippen LogP contribution in [0.4, 0.5) is 4.39 Å². The molecule has 1 aromatic carbocycles. The molecule has 7 heteroatoms. The van der Waals surface area contributed by atoms with Gasteiger partial charge in [0.15, 0.2) is 0 Å². The fourth-order valence-electron chi connectivity index (χ4n) is 2.08. The maximum absolute atomic E-state index is 13.8. The van der Waals surface area contributed by atoms with Crippen LogP contribution >= 0.6 is 0 Å². The zero-order valence-electron chi connectivity index (χ0n) is 14.0. The second kappa shape index (κ2) is 8.19. The zero-order valence-corrected chi connectivity index (χ0v) is 14.8. The number of aromatic nitrogens is 1. The van der Waals surface area contributed by atoms with E-state index >= 15 is 0 Å². The first-order chi connectivity index (χ1) is 11.4. The number of benzene rings is 1. The molecule has 2 rings (SSSR count). The van der Waals surface area contributed by atoms with E-state index in [1.807, 2.05) is 13.8 Å². The molecule has 130 valence electrons. The number of carbonyl (C=O) groups is 1. The minimum absolute atomic E-state index is 0.0518. The Morgan fingerprint density at radius 1 is 1.42 bits per heavy atom. The first-order valence-corrected chi connectivity index (χ1v) is 9.25. The SMILES string of the molecule is CC[C@@H](C)NC(=O)C[S@@](=O)Cc1nc(-c2ccccc2F)oc1C. The molecule has 1 heterocycles. The van der Waals surface area contributed by atoms with Gasteiger partial charge in [0.2, 0.25) is 11.8 Å². The Morgan fingerprint density at radius 3 is 2.79 bits per heavy atom. The van der Waals surface area contributed by atoms with Gasteiger partial charge in [-0.3, -0.25) is 9.00 Å². The number of hydrogen-bond donors (Lipinski definition) is 1. The molecule has 0 fully saturated rings. The van der Waals surface area contributed by atoms with Crippen LogP contribution in [0.15, 0.2) is 28.7 Å². The lowest BCUT2D eigenvalue weighted by molar-refractivity contribution is -0.119. The normalized spacial score (nSPS) is 13.5. The Balaban J connectivity index is 2.04. The summed E-state index contributed by atoms with van der Waals surface area (Å²) in [6.45, 7) is 5.54. The van der Waals surface area contributed by atoms with E-state index in [1.54, 1.807) is 25.1 Å². The molecule has 2 aromatic rings. The van der Waals surface area contributed by atoms with Crippen LogP contribution in [0.1, 0.15) is 31.7 Å². The van der Waals surface area contributed by atoms with E-state index in [0.717, 1.165) is 6.42 Å². The van der Waals surface area contributed by atoms with Crippen LogP contribution in [-0.2, 0) is 21.3 Å². The van der Waals surface area contributed by atoms with E-state index in [-0.39, 0.29) is 34.9 Å². The topological polar surface area (TPSA) is 72.2 Å². The van der Waals surface area contributed by atoms with Crippen molar-refractivity contribution >= 4 is 16.7 Å². The van der Waals surface area contributed by atoms with E-state index in [1.165, 1.54) is 6.07 Å². The van der Waals surface area contributed by atoms with Crippen molar-refractivity contribution < 1.29 is 17.8 Å². The third-order valence-electron chi connectivity index (χ3n) is 3.61. The average Bonchev–Trinajstić information content (AvgIpc) is 2.87. The van der Waals surface area contributed by atoms with Gasteiger partial charge < -0.3 is 9.73 Å². The van der Waals surface area contributed by atoms with Gasteiger partial charge in [0, 0.05) is 16.8 Å². The highest BCUT2D eigenvalue weighted by atomic mass is 32.2. The lowest BCUT2D eigenvalue weighted by atomic mass is 10.2. The summed E-state index contributed by atoms with van der Waals surface area (Å²) in [5, 5.41) is 2.77. The molecule has 0 aliphatic heterocycles. The van der Waals surface area contributed by atoms with Crippen molar-refractivity contribution in [3.8, 4) is 11.5 Å². The summed E-state index contributed by atoms with van der Waals surface area (Å²) < 4.78 is 31.4. The Hall–Kier alpha value is -2.02. The summed E-state index contributed by atoms with van der Waals surface area (Å²) >= 11 is 0. The highest BCUT2D eigenvalue weighted by Gasteiger charge is 2.18. The number of aryl methyl sites for hydroxylation is 1. The Kier molecular flexibility index (Phi) is 6.25. The molecule has 0 radical (unpaired) electrons. The van der Waals surface area contributed by atoms with Crippen molar-refractivity contribution in [2.75, 3.05) is 5.75 Å². The molecule has 1 aromatic heterocycles. The van der Waals surface area contributed by atoms with Gasteiger partial charge >= 0.3 is 0 Å². The molecule has 0 bridgehead atoms. The van der Waals surface area contributed by atoms with Crippen molar-refractivity contribution in [2.24, 2.45) is 0 Å². The first kappa shape index (κ1) is 18.3. The quantitative estimate of drug-likeness (QED) is 0.831. The van der Waals surface area contributed by atoms with Gasteiger partial charge in [0.05, 0.1) is 17.0 Å². The van der Waals surface area contributed by atoms with Gasteiger partial charge in [-0.25, -0.2) is 9.37 Å². The number of hydrogen-bond acceptors (Lipinski definition) is 4. The third-order valence-corrected chi connectivity index (χ3v) is 4.79. The minimum Gasteiger partial charge on any atom is -0.441 e. The summed E-state index contributed by atoms with van der Waals surface area (Å²) in [5.74, 6) is -0.0493. The first-order valence-electron chi connectivity index (χ1n) is 7.76. The van der Waals surface area contributed by atoms with Gasteiger partial charge in [0.25, 0.3) is 0 Å². The van der Waals surface area contributed by atoms with Gasteiger partial charge in [-0.2, -0.15) is 0 Å². The molecule has 24 heavy (non-hydrogen) atoms. The van der Waals surface area contributed by atoms with Gasteiger partial charge in [-0.1, -0.05) is 19.1 Å². The summed E-state index contributed by atoms with van der Waals surface area (Å²) in [6, 6.07) is 6.22. The van der Waals surface area contributed by atoms with Gasteiger partial charge in [0.1, 0.15) is 17.3 Å². The molecule has 0 aliphatic carbocycles. The molecule has 0 saturated heterocycles. The fourth-order valence-corrected chi connectivity index (χ4v) is 3.13. The number of amides is 1. The summed E-state index contributed by atoms with van der Waals surface area (Å²) in [7, 11) is -1.41. The largest absolute Gasteiger partial charge is 0.441 e. The molecule has 5 nitrogen and oxygen atoms in total. The number of carbonyl (C=O) groups excluding carboxylic acids is 1. The highest BCUT2D eigenvalue weighted by molar-refractivity contribution is 7.84. The van der Waals surface area contributed by atoms with Gasteiger partial charge in [-0.15, -0.1) is 0 Å². The Morgan fingerprint density at radius 2 is 2.12 bits per heavy atom. The number of nitrogens with one attached hydrogen (secondary N) is 1. The van der Waals surface area contributed by atoms with Crippen molar-refractivity contribution in [1.29, 1.82) is 0 Å². The smallest absolute Gasteiger partial charge is 0.232 e. The molecule has 0 spiro atoms. The standard InChI is InChI=1S/C17H21FN2O3S/c1-4-11(2)19-16(21)10-24(22)9-15-12(3)23-17(20-15)13-7-5-6-8-14(13)18/h5-8,11H,4,9-10H2,1-3H3,(H,19,21)/t11-,24+/m1/s1. The van der Waals surface area contributed by atoms with Crippen LogP contribution in [0.5, 0.6) is 0 Å². The Labute approximate surface area is 143 Å². The number of nitrogens with zero attached hydrogens (tertiary/aromatic N) is 1. The summed E-state index contributed by atoms with van der Waals surface area (Å²) in [5.41, 5.74) is 0.732. The van der Waals surface area contributed by atoms with E-state index in [0.29, 0.717) is 11.5 Å². The predicted molar refractivity (Wildman–Crippen MR) is 91.2 cm³/mol. The molecule has 2 atom stereocenters. The maximum atomic E-state index is 13.8. The second-order valence-electron chi connectivity index (χ2n) is 5.61. The number of oxazole rings is 1. The molecule has 1 amide bonds. The van der Waals surface area contributed by atoms with Crippen LogP contribution in [0.2, 0.25) is 0 Å². The molecular weight excluding hydrogens is 331 g/mol. The van der Waals surface area contributed by atoms with E-state index in [9.17, 15) is 13.4 Å². The third kappa shape index (κ3) is 4.74. The lowest BCUT2D eigenvalue weighted by Gasteiger charge is -2.10.